The van der Waals surface area contributed by atoms with E-state index in [1.165, 1.54) is 28.6 Å². The lowest BCUT2D eigenvalue weighted by atomic mass is 9.68. The van der Waals surface area contributed by atoms with Crippen molar-refractivity contribution in [3.8, 4) is 23.0 Å². The number of methoxy groups -OCH3 is 3. The summed E-state index contributed by atoms with van der Waals surface area (Å²) in [5, 5.41) is 1.37. The molecule has 1 saturated heterocycles. The molecular formula is C27H34N2O4. The van der Waals surface area contributed by atoms with Crippen LogP contribution in [0.5, 0.6) is 23.0 Å². The van der Waals surface area contributed by atoms with E-state index in [0.29, 0.717) is 29.9 Å². The second kappa shape index (κ2) is 8.82. The highest BCUT2D eigenvalue weighted by Crippen LogP contribution is 2.52. The van der Waals surface area contributed by atoms with Gasteiger partial charge in [0.05, 0.1) is 34.0 Å². The van der Waals surface area contributed by atoms with E-state index in [1.807, 2.05) is 12.1 Å². The molecule has 0 amide bonds. The van der Waals surface area contributed by atoms with Gasteiger partial charge in [-0.2, -0.15) is 0 Å². The number of piperidine rings is 1. The van der Waals surface area contributed by atoms with Gasteiger partial charge in [0.15, 0.2) is 11.5 Å². The average molecular weight is 451 g/mol. The van der Waals surface area contributed by atoms with Crippen molar-refractivity contribution in [1.82, 2.24) is 9.88 Å². The van der Waals surface area contributed by atoms with Crippen LogP contribution in [0, 0.1) is 5.41 Å². The molecule has 176 valence electrons. The molecule has 0 aliphatic carbocycles. The highest BCUT2D eigenvalue weighted by Gasteiger charge is 2.48. The first kappa shape index (κ1) is 22.0. The van der Waals surface area contributed by atoms with Gasteiger partial charge in [-0.15, -0.1) is 0 Å². The Morgan fingerprint density at radius 3 is 2.48 bits per heavy atom. The first-order valence-corrected chi connectivity index (χ1v) is 11.9. The molecule has 2 aromatic carbocycles. The van der Waals surface area contributed by atoms with E-state index in [2.05, 4.69) is 41.1 Å². The van der Waals surface area contributed by atoms with Gasteiger partial charge >= 0.3 is 0 Å². The first-order valence-electron chi connectivity index (χ1n) is 11.9. The zero-order chi connectivity index (χ0) is 23.0. The van der Waals surface area contributed by atoms with Gasteiger partial charge in [-0.3, -0.25) is 4.90 Å². The fourth-order valence-corrected chi connectivity index (χ4v) is 5.99. The molecule has 33 heavy (non-hydrogen) atoms. The second-order valence-electron chi connectivity index (χ2n) is 9.22. The standard InChI is InChI=1S/C27H34N2O4/c1-5-27(17-33-18-15-22(30-2)25(32-4)23(16-18)31-3)12-8-13-29-14-11-20-19-9-6-7-10-21(19)28-24(20)26(27)29/h6-7,9-10,15-16,26,28H,5,8,11-14,17H2,1-4H3. The Bertz CT molecular complexity index is 1120. The molecule has 6 nitrogen and oxygen atoms in total. The van der Waals surface area contributed by atoms with E-state index in [9.17, 15) is 0 Å². The number of fused-ring (bicyclic) bond motifs is 5. The summed E-state index contributed by atoms with van der Waals surface area (Å²) in [6, 6.07) is 12.8. The average Bonchev–Trinajstić information content (AvgIpc) is 3.25. The number of nitrogens with zero attached hydrogens (tertiary/aromatic N) is 1. The Morgan fingerprint density at radius 1 is 1.03 bits per heavy atom. The van der Waals surface area contributed by atoms with Crippen molar-refractivity contribution in [2.75, 3.05) is 41.0 Å². The van der Waals surface area contributed by atoms with Gasteiger partial charge in [0.2, 0.25) is 5.75 Å². The number of H-pyrrole nitrogens is 1. The highest BCUT2D eigenvalue weighted by atomic mass is 16.5. The van der Waals surface area contributed by atoms with Crippen LogP contribution in [0.4, 0.5) is 0 Å². The number of aromatic nitrogens is 1. The summed E-state index contributed by atoms with van der Waals surface area (Å²) in [5.74, 6) is 2.54. The molecule has 2 aliphatic heterocycles. The van der Waals surface area contributed by atoms with Crippen molar-refractivity contribution < 1.29 is 18.9 Å². The number of nitrogens with one attached hydrogen (secondary N) is 1. The lowest BCUT2D eigenvalue weighted by Crippen LogP contribution is -2.51. The van der Waals surface area contributed by atoms with Gasteiger partial charge in [-0.25, -0.2) is 0 Å². The van der Waals surface area contributed by atoms with Crippen LogP contribution in [0.1, 0.15) is 43.5 Å². The van der Waals surface area contributed by atoms with E-state index in [4.69, 9.17) is 18.9 Å². The molecule has 0 radical (unpaired) electrons. The third kappa shape index (κ3) is 3.61. The number of aromatic amines is 1. The Balaban J connectivity index is 1.50. The van der Waals surface area contributed by atoms with E-state index in [0.717, 1.165) is 38.1 Å². The summed E-state index contributed by atoms with van der Waals surface area (Å²) in [6.07, 6.45) is 4.49. The summed E-state index contributed by atoms with van der Waals surface area (Å²) < 4.78 is 23.0. The predicted octanol–water partition coefficient (Wildman–Crippen LogP) is 5.36. The molecule has 0 spiro atoms. The van der Waals surface area contributed by atoms with Gasteiger partial charge in [-0.1, -0.05) is 25.1 Å². The fraction of sp³-hybridized carbons (Fsp3) is 0.481. The van der Waals surface area contributed by atoms with E-state index in [1.54, 1.807) is 21.3 Å². The third-order valence-corrected chi connectivity index (χ3v) is 7.70. The molecule has 2 atom stereocenters. The minimum absolute atomic E-state index is 0.0225. The van der Waals surface area contributed by atoms with E-state index in [-0.39, 0.29) is 5.41 Å². The summed E-state index contributed by atoms with van der Waals surface area (Å²) in [7, 11) is 4.88. The monoisotopic (exact) mass is 450 g/mol. The van der Waals surface area contributed by atoms with Gasteiger partial charge in [0, 0.05) is 40.7 Å². The molecule has 2 aliphatic rings. The smallest absolute Gasteiger partial charge is 0.203 e. The molecule has 1 fully saturated rings. The van der Waals surface area contributed by atoms with Gasteiger partial charge in [0.1, 0.15) is 5.75 Å². The number of para-hydroxylation sites is 1. The van der Waals surface area contributed by atoms with Crippen molar-refractivity contribution in [2.45, 2.75) is 38.6 Å². The largest absolute Gasteiger partial charge is 0.493 e. The van der Waals surface area contributed by atoms with Crippen molar-refractivity contribution >= 4 is 10.9 Å². The third-order valence-electron chi connectivity index (χ3n) is 7.70. The summed E-state index contributed by atoms with van der Waals surface area (Å²) in [4.78, 5) is 6.47. The lowest BCUT2D eigenvalue weighted by molar-refractivity contribution is -0.0312. The lowest BCUT2D eigenvalue weighted by Gasteiger charge is -2.51. The molecular weight excluding hydrogens is 416 g/mol. The van der Waals surface area contributed by atoms with Crippen LogP contribution in [0.2, 0.25) is 0 Å². The molecule has 3 aromatic rings. The topological polar surface area (TPSA) is 56.0 Å². The van der Waals surface area contributed by atoms with Crippen LogP contribution in [0.3, 0.4) is 0 Å². The Kier molecular flexibility index (Phi) is 5.87. The van der Waals surface area contributed by atoms with Gasteiger partial charge < -0.3 is 23.9 Å². The Hall–Kier alpha value is -2.86. The Morgan fingerprint density at radius 2 is 1.79 bits per heavy atom. The number of rotatable bonds is 7. The number of hydrogen-bond donors (Lipinski definition) is 1. The van der Waals surface area contributed by atoms with Crippen LogP contribution in [-0.2, 0) is 6.42 Å². The molecule has 1 aromatic heterocycles. The van der Waals surface area contributed by atoms with E-state index < -0.39 is 0 Å². The van der Waals surface area contributed by atoms with Crippen molar-refractivity contribution in [3.63, 3.8) is 0 Å². The number of hydrogen-bond acceptors (Lipinski definition) is 5. The summed E-state index contributed by atoms with van der Waals surface area (Å²) in [6.45, 7) is 5.19. The van der Waals surface area contributed by atoms with Crippen LogP contribution in [-0.4, -0.2) is 50.9 Å². The normalized spacial score (nSPS) is 22.5. The summed E-state index contributed by atoms with van der Waals surface area (Å²) >= 11 is 0. The molecule has 3 heterocycles. The zero-order valence-corrected chi connectivity index (χ0v) is 20.1. The molecule has 0 saturated carbocycles. The zero-order valence-electron chi connectivity index (χ0n) is 20.1. The SMILES string of the molecule is CCC1(COc2cc(OC)c(OC)c(OC)c2)CCCN2CCc3c([nH]c4ccccc34)C21. The Labute approximate surface area is 195 Å². The highest BCUT2D eigenvalue weighted by molar-refractivity contribution is 5.85. The van der Waals surface area contributed by atoms with Gasteiger partial charge in [0.25, 0.3) is 0 Å². The minimum atomic E-state index is 0.0225. The number of ether oxygens (including phenoxy) is 4. The molecule has 6 heteroatoms. The molecule has 5 rings (SSSR count). The van der Waals surface area contributed by atoms with Crippen LogP contribution < -0.4 is 18.9 Å². The quantitative estimate of drug-likeness (QED) is 0.525. The van der Waals surface area contributed by atoms with E-state index >= 15 is 0 Å². The summed E-state index contributed by atoms with van der Waals surface area (Å²) in [5.41, 5.74) is 4.14. The maximum atomic E-state index is 6.51. The number of benzene rings is 2. The molecule has 1 N–H and O–H groups in total. The minimum Gasteiger partial charge on any atom is -0.493 e. The van der Waals surface area contributed by atoms with Crippen molar-refractivity contribution in [1.29, 1.82) is 0 Å². The molecule has 0 bridgehead atoms. The molecule has 2 unspecified atom stereocenters. The van der Waals surface area contributed by atoms with Crippen LogP contribution >= 0.6 is 0 Å². The first-order chi connectivity index (χ1) is 16.1. The predicted molar refractivity (Wildman–Crippen MR) is 130 cm³/mol. The maximum absolute atomic E-state index is 6.51. The van der Waals surface area contributed by atoms with Crippen LogP contribution in [0.15, 0.2) is 36.4 Å². The maximum Gasteiger partial charge on any atom is 0.203 e. The van der Waals surface area contributed by atoms with Gasteiger partial charge in [-0.05, 0) is 43.9 Å². The van der Waals surface area contributed by atoms with Crippen molar-refractivity contribution in [3.05, 3.63) is 47.7 Å². The second-order valence-corrected chi connectivity index (χ2v) is 9.22. The van der Waals surface area contributed by atoms with Crippen LogP contribution in [0.25, 0.3) is 10.9 Å². The van der Waals surface area contributed by atoms with Crippen molar-refractivity contribution in [2.24, 2.45) is 5.41 Å². The fourth-order valence-electron chi connectivity index (χ4n) is 5.99.